The highest BCUT2D eigenvalue weighted by molar-refractivity contribution is 4.94. The highest BCUT2D eigenvalue weighted by Crippen LogP contribution is 2.32. The summed E-state index contributed by atoms with van der Waals surface area (Å²) in [5.74, 6) is 1.91. The van der Waals surface area contributed by atoms with Crippen molar-refractivity contribution in [1.29, 1.82) is 0 Å². The summed E-state index contributed by atoms with van der Waals surface area (Å²) in [7, 11) is 0. The van der Waals surface area contributed by atoms with Gasteiger partial charge in [0.05, 0.1) is 6.54 Å². The van der Waals surface area contributed by atoms with Crippen LogP contribution in [0, 0.1) is 5.92 Å². The Labute approximate surface area is 95.6 Å². The summed E-state index contributed by atoms with van der Waals surface area (Å²) in [6, 6.07) is 0.555. The van der Waals surface area contributed by atoms with Gasteiger partial charge in [-0.2, -0.15) is 0 Å². The second kappa shape index (κ2) is 4.14. The Morgan fingerprint density at radius 3 is 3.00 bits per heavy atom. The summed E-state index contributed by atoms with van der Waals surface area (Å²) >= 11 is 0. The smallest absolute Gasteiger partial charge is 0.147 e. The molecule has 1 aliphatic carbocycles. The van der Waals surface area contributed by atoms with Crippen molar-refractivity contribution in [3.05, 3.63) is 12.2 Å². The second-order valence-electron chi connectivity index (χ2n) is 4.91. The number of rotatable bonds is 3. The summed E-state index contributed by atoms with van der Waals surface area (Å²) in [5.41, 5.74) is 5.92. The highest BCUT2D eigenvalue weighted by atomic mass is 15.3. The standard InChI is InChI=1S/C11H19N5/c12-6-10(9-2-1-3-9)15-4-5-16-8-13-14-11(16)7-15/h8-10H,1-7,12H2. The lowest BCUT2D eigenvalue weighted by molar-refractivity contribution is 0.0758. The zero-order valence-corrected chi connectivity index (χ0v) is 9.55. The topological polar surface area (TPSA) is 60.0 Å². The van der Waals surface area contributed by atoms with Gasteiger partial charge in [-0.15, -0.1) is 10.2 Å². The molecular weight excluding hydrogens is 202 g/mol. The Kier molecular flexibility index (Phi) is 2.65. The Morgan fingerprint density at radius 1 is 1.44 bits per heavy atom. The lowest BCUT2D eigenvalue weighted by Crippen LogP contribution is -2.50. The lowest BCUT2D eigenvalue weighted by Gasteiger charge is -2.42. The third-order valence-corrected chi connectivity index (χ3v) is 4.07. The first-order valence-corrected chi connectivity index (χ1v) is 6.19. The molecule has 0 amide bonds. The van der Waals surface area contributed by atoms with Gasteiger partial charge in [0, 0.05) is 25.7 Å². The fourth-order valence-electron chi connectivity index (χ4n) is 2.83. The van der Waals surface area contributed by atoms with E-state index in [1.165, 1.54) is 19.3 Å². The van der Waals surface area contributed by atoms with Gasteiger partial charge in [0.1, 0.15) is 12.2 Å². The zero-order chi connectivity index (χ0) is 11.0. The molecule has 16 heavy (non-hydrogen) atoms. The summed E-state index contributed by atoms with van der Waals surface area (Å²) in [6.07, 6.45) is 5.91. The molecule has 0 bridgehead atoms. The molecular formula is C11H19N5. The van der Waals surface area contributed by atoms with E-state index in [1.54, 1.807) is 0 Å². The number of aromatic nitrogens is 3. The molecule has 0 aromatic carbocycles. The summed E-state index contributed by atoms with van der Waals surface area (Å²) in [5, 5.41) is 8.11. The number of hydrogen-bond donors (Lipinski definition) is 1. The van der Waals surface area contributed by atoms with Crippen LogP contribution in [0.3, 0.4) is 0 Å². The molecule has 2 aliphatic rings. The number of nitrogens with zero attached hydrogens (tertiary/aromatic N) is 4. The lowest BCUT2D eigenvalue weighted by atomic mass is 9.79. The van der Waals surface area contributed by atoms with E-state index < -0.39 is 0 Å². The van der Waals surface area contributed by atoms with Crippen molar-refractivity contribution in [1.82, 2.24) is 19.7 Å². The van der Waals surface area contributed by atoms with Crippen molar-refractivity contribution < 1.29 is 0 Å². The predicted octanol–water partition coefficient (Wildman–Crippen LogP) is 0.221. The fourth-order valence-corrected chi connectivity index (χ4v) is 2.83. The Hall–Kier alpha value is -0.940. The van der Waals surface area contributed by atoms with Crippen LogP contribution in [0.15, 0.2) is 6.33 Å². The van der Waals surface area contributed by atoms with Gasteiger partial charge in [-0.25, -0.2) is 0 Å². The molecule has 0 saturated heterocycles. The molecule has 5 heteroatoms. The van der Waals surface area contributed by atoms with E-state index >= 15 is 0 Å². The third-order valence-electron chi connectivity index (χ3n) is 4.07. The first kappa shape index (κ1) is 10.2. The van der Waals surface area contributed by atoms with Gasteiger partial charge in [0.15, 0.2) is 0 Å². The minimum absolute atomic E-state index is 0.555. The van der Waals surface area contributed by atoms with Crippen LogP contribution in [0.1, 0.15) is 25.1 Å². The first-order chi connectivity index (χ1) is 7.88. The van der Waals surface area contributed by atoms with Crippen LogP contribution in [-0.4, -0.2) is 38.8 Å². The van der Waals surface area contributed by atoms with Crippen molar-refractivity contribution in [2.75, 3.05) is 13.1 Å². The molecule has 1 aliphatic heterocycles. The molecule has 1 saturated carbocycles. The van der Waals surface area contributed by atoms with Gasteiger partial charge in [-0.1, -0.05) is 6.42 Å². The van der Waals surface area contributed by atoms with Crippen molar-refractivity contribution in [3.63, 3.8) is 0 Å². The normalized spacial score (nSPS) is 23.8. The Balaban J connectivity index is 1.71. The van der Waals surface area contributed by atoms with E-state index in [2.05, 4.69) is 19.7 Å². The molecule has 1 aromatic heterocycles. The van der Waals surface area contributed by atoms with E-state index in [9.17, 15) is 0 Å². The summed E-state index contributed by atoms with van der Waals surface area (Å²) < 4.78 is 2.14. The Bertz CT molecular complexity index is 357. The molecule has 2 N–H and O–H groups in total. The molecule has 88 valence electrons. The molecule has 1 fully saturated rings. The van der Waals surface area contributed by atoms with E-state index in [4.69, 9.17) is 5.73 Å². The average Bonchev–Trinajstić information content (AvgIpc) is 2.69. The number of nitrogens with two attached hydrogens (primary N) is 1. The predicted molar refractivity (Wildman–Crippen MR) is 60.6 cm³/mol. The maximum atomic E-state index is 5.92. The number of fused-ring (bicyclic) bond motifs is 1. The van der Waals surface area contributed by atoms with Crippen LogP contribution >= 0.6 is 0 Å². The summed E-state index contributed by atoms with van der Waals surface area (Å²) in [6.45, 7) is 3.78. The van der Waals surface area contributed by atoms with Crippen LogP contribution in [-0.2, 0) is 13.1 Å². The molecule has 0 spiro atoms. The third kappa shape index (κ3) is 1.64. The van der Waals surface area contributed by atoms with E-state index in [1.807, 2.05) is 6.33 Å². The van der Waals surface area contributed by atoms with E-state index in [0.29, 0.717) is 6.04 Å². The minimum atomic E-state index is 0.555. The second-order valence-corrected chi connectivity index (χ2v) is 4.91. The maximum Gasteiger partial charge on any atom is 0.147 e. The maximum absolute atomic E-state index is 5.92. The number of hydrogen-bond acceptors (Lipinski definition) is 4. The molecule has 2 heterocycles. The van der Waals surface area contributed by atoms with Gasteiger partial charge in [-0.3, -0.25) is 4.90 Å². The van der Waals surface area contributed by atoms with Gasteiger partial charge >= 0.3 is 0 Å². The SMILES string of the molecule is NCC(C1CCC1)N1CCn2cnnc2C1. The van der Waals surface area contributed by atoms with Crippen LogP contribution in [0.25, 0.3) is 0 Å². The van der Waals surface area contributed by atoms with E-state index in [0.717, 1.165) is 37.9 Å². The van der Waals surface area contributed by atoms with Gasteiger partial charge in [0.25, 0.3) is 0 Å². The van der Waals surface area contributed by atoms with Crippen LogP contribution in [0.5, 0.6) is 0 Å². The average molecular weight is 221 g/mol. The molecule has 0 radical (unpaired) electrons. The largest absolute Gasteiger partial charge is 0.329 e. The van der Waals surface area contributed by atoms with Crippen molar-refractivity contribution in [2.45, 2.75) is 38.4 Å². The first-order valence-electron chi connectivity index (χ1n) is 6.19. The minimum Gasteiger partial charge on any atom is -0.329 e. The molecule has 3 rings (SSSR count). The van der Waals surface area contributed by atoms with Gasteiger partial charge < -0.3 is 10.3 Å². The summed E-state index contributed by atoms with van der Waals surface area (Å²) in [4.78, 5) is 2.49. The monoisotopic (exact) mass is 221 g/mol. The van der Waals surface area contributed by atoms with E-state index in [-0.39, 0.29) is 0 Å². The zero-order valence-electron chi connectivity index (χ0n) is 9.55. The molecule has 1 atom stereocenters. The highest BCUT2D eigenvalue weighted by Gasteiger charge is 2.32. The quantitative estimate of drug-likeness (QED) is 0.793. The Morgan fingerprint density at radius 2 is 2.31 bits per heavy atom. The van der Waals surface area contributed by atoms with Crippen LogP contribution in [0.2, 0.25) is 0 Å². The molecule has 1 unspecified atom stereocenters. The fraction of sp³-hybridized carbons (Fsp3) is 0.818. The van der Waals surface area contributed by atoms with Crippen molar-refractivity contribution in [3.8, 4) is 0 Å². The van der Waals surface area contributed by atoms with Crippen molar-refractivity contribution >= 4 is 0 Å². The van der Waals surface area contributed by atoms with Crippen LogP contribution in [0.4, 0.5) is 0 Å². The van der Waals surface area contributed by atoms with Crippen LogP contribution < -0.4 is 5.73 Å². The van der Waals surface area contributed by atoms with Crippen molar-refractivity contribution in [2.24, 2.45) is 11.7 Å². The molecule has 5 nitrogen and oxygen atoms in total. The molecule has 1 aromatic rings. The van der Waals surface area contributed by atoms with Gasteiger partial charge in [-0.05, 0) is 18.8 Å². The van der Waals surface area contributed by atoms with Gasteiger partial charge in [0.2, 0.25) is 0 Å².